The fourth-order valence-corrected chi connectivity index (χ4v) is 3.13. The monoisotopic (exact) mass is 425 g/mol. The summed E-state index contributed by atoms with van der Waals surface area (Å²) in [4.78, 5) is 40.1. The summed E-state index contributed by atoms with van der Waals surface area (Å²) in [7, 11) is 4.00. The van der Waals surface area contributed by atoms with Crippen LogP contribution in [0.25, 0.3) is 0 Å². The SMILES string of the molecule is CCCCN(CCC(=O)N(CCN(C)C)Cc1ccccc1)C(=O)c1cnc(C)cn1. The molecule has 2 aromatic rings. The molecule has 0 radical (unpaired) electrons. The first-order valence-corrected chi connectivity index (χ1v) is 10.9. The fraction of sp³-hybridized carbons (Fsp3) is 0.500. The first-order chi connectivity index (χ1) is 14.9. The Kier molecular flexibility index (Phi) is 10.1. The van der Waals surface area contributed by atoms with Gasteiger partial charge in [0.15, 0.2) is 0 Å². The van der Waals surface area contributed by atoms with Crippen LogP contribution in [0.1, 0.15) is 47.9 Å². The standard InChI is InChI=1S/C24H35N5O2/c1-5-6-13-28(24(31)22-18-25-20(2)17-26-22)14-12-23(30)29(16-15-27(3)4)19-21-10-8-7-9-11-21/h7-11,17-18H,5-6,12-16,19H2,1-4H3. The van der Waals surface area contributed by atoms with E-state index in [1.807, 2.05) is 56.3 Å². The Labute approximate surface area is 186 Å². The van der Waals surface area contributed by atoms with Crippen LogP contribution in [0.15, 0.2) is 42.7 Å². The molecule has 1 aromatic carbocycles. The second-order valence-electron chi connectivity index (χ2n) is 8.04. The lowest BCUT2D eigenvalue weighted by molar-refractivity contribution is -0.132. The molecular formula is C24H35N5O2. The lowest BCUT2D eigenvalue weighted by Gasteiger charge is -2.27. The van der Waals surface area contributed by atoms with Gasteiger partial charge in [0.05, 0.1) is 11.9 Å². The van der Waals surface area contributed by atoms with Gasteiger partial charge in [-0.3, -0.25) is 14.6 Å². The highest BCUT2D eigenvalue weighted by Crippen LogP contribution is 2.09. The van der Waals surface area contributed by atoms with Gasteiger partial charge in [-0.25, -0.2) is 4.98 Å². The van der Waals surface area contributed by atoms with Gasteiger partial charge in [0.25, 0.3) is 5.91 Å². The second-order valence-corrected chi connectivity index (χ2v) is 8.04. The molecule has 7 heteroatoms. The number of benzene rings is 1. The van der Waals surface area contributed by atoms with E-state index >= 15 is 0 Å². The van der Waals surface area contributed by atoms with Crippen molar-refractivity contribution in [3.63, 3.8) is 0 Å². The van der Waals surface area contributed by atoms with Gasteiger partial charge in [-0.05, 0) is 33.0 Å². The average Bonchev–Trinajstić information content (AvgIpc) is 2.77. The van der Waals surface area contributed by atoms with E-state index < -0.39 is 0 Å². The van der Waals surface area contributed by atoms with Crippen molar-refractivity contribution in [3.05, 3.63) is 59.7 Å². The van der Waals surface area contributed by atoms with Crippen LogP contribution in [0.4, 0.5) is 0 Å². The molecule has 168 valence electrons. The Morgan fingerprint density at radius 2 is 1.65 bits per heavy atom. The maximum absolute atomic E-state index is 13.1. The van der Waals surface area contributed by atoms with Crippen LogP contribution in [0.5, 0.6) is 0 Å². The van der Waals surface area contributed by atoms with Gasteiger partial charge in [-0.15, -0.1) is 0 Å². The molecule has 0 aliphatic rings. The molecule has 0 saturated carbocycles. The van der Waals surface area contributed by atoms with E-state index in [1.165, 1.54) is 6.20 Å². The minimum atomic E-state index is -0.170. The number of hydrogen-bond donors (Lipinski definition) is 0. The van der Waals surface area contributed by atoms with Gasteiger partial charge in [0, 0.05) is 45.3 Å². The van der Waals surface area contributed by atoms with Crippen molar-refractivity contribution in [2.45, 2.75) is 39.7 Å². The number of hydrogen-bond acceptors (Lipinski definition) is 5. The Hall–Kier alpha value is -2.80. The zero-order valence-electron chi connectivity index (χ0n) is 19.3. The topological polar surface area (TPSA) is 69.6 Å². The van der Waals surface area contributed by atoms with Crippen LogP contribution >= 0.6 is 0 Å². The first kappa shape index (κ1) is 24.5. The summed E-state index contributed by atoms with van der Waals surface area (Å²) < 4.78 is 0. The molecule has 0 unspecified atom stereocenters. The Balaban J connectivity index is 2.05. The normalized spacial score (nSPS) is 10.9. The van der Waals surface area contributed by atoms with E-state index in [4.69, 9.17) is 0 Å². The van der Waals surface area contributed by atoms with Gasteiger partial charge in [-0.2, -0.15) is 0 Å². The van der Waals surface area contributed by atoms with Crippen LogP contribution in [0.2, 0.25) is 0 Å². The van der Waals surface area contributed by atoms with Crippen molar-refractivity contribution in [2.75, 3.05) is 40.3 Å². The van der Waals surface area contributed by atoms with E-state index in [1.54, 1.807) is 11.1 Å². The molecular weight excluding hydrogens is 390 g/mol. The third-order valence-electron chi connectivity index (χ3n) is 5.05. The molecule has 7 nitrogen and oxygen atoms in total. The summed E-state index contributed by atoms with van der Waals surface area (Å²) in [5.41, 5.74) is 2.19. The number of carbonyl (C=O) groups is 2. The number of rotatable bonds is 12. The van der Waals surface area contributed by atoms with Crippen LogP contribution in [-0.4, -0.2) is 76.8 Å². The highest BCUT2D eigenvalue weighted by molar-refractivity contribution is 5.92. The summed E-state index contributed by atoms with van der Waals surface area (Å²) >= 11 is 0. The molecule has 2 amide bonds. The average molecular weight is 426 g/mol. The molecule has 0 aliphatic heterocycles. The molecule has 0 aliphatic carbocycles. The number of nitrogens with zero attached hydrogens (tertiary/aromatic N) is 5. The summed E-state index contributed by atoms with van der Waals surface area (Å²) in [6.07, 6.45) is 5.25. The predicted octanol–water partition coefficient (Wildman–Crippen LogP) is 3.01. The van der Waals surface area contributed by atoms with Gasteiger partial charge in [-0.1, -0.05) is 43.7 Å². The van der Waals surface area contributed by atoms with Crippen molar-refractivity contribution in [2.24, 2.45) is 0 Å². The van der Waals surface area contributed by atoms with E-state index in [0.717, 1.165) is 30.6 Å². The maximum atomic E-state index is 13.1. The fourth-order valence-electron chi connectivity index (χ4n) is 3.13. The van der Waals surface area contributed by atoms with Crippen LogP contribution in [-0.2, 0) is 11.3 Å². The van der Waals surface area contributed by atoms with E-state index in [0.29, 0.717) is 31.9 Å². The molecule has 0 N–H and O–H groups in total. The number of likely N-dealkylation sites (N-methyl/N-ethyl adjacent to an activating group) is 1. The van der Waals surface area contributed by atoms with Gasteiger partial charge in [0.1, 0.15) is 5.69 Å². The zero-order valence-corrected chi connectivity index (χ0v) is 19.3. The Bertz CT molecular complexity index is 808. The molecule has 0 bridgehead atoms. The highest BCUT2D eigenvalue weighted by Gasteiger charge is 2.20. The van der Waals surface area contributed by atoms with Crippen molar-refractivity contribution >= 4 is 11.8 Å². The molecule has 1 aromatic heterocycles. The van der Waals surface area contributed by atoms with E-state index in [-0.39, 0.29) is 18.2 Å². The summed E-state index contributed by atoms with van der Waals surface area (Å²) in [6.45, 7) is 6.91. The number of amides is 2. The van der Waals surface area contributed by atoms with Gasteiger partial charge in [0.2, 0.25) is 5.91 Å². The van der Waals surface area contributed by atoms with Crippen LogP contribution < -0.4 is 0 Å². The highest BCUT2D eigenvalue weighted by atomic mass is 16.2. The van der Waals surface area contributed by atoms with Crippen molar-refractivity contribution in [3.8, 4) is 0 Å². The Morgan fingerprint density at radius 1 is 0.903 bits per heavy atom. The second kappa shape index (κ2) is 12.8. The minimum absolute atomic E-state index is 0.0509. The van der Waals surface area contributed by atoms with Crippen LogP contribution in [0.3, 0.4) is 0 Å². The van der Waals surface area contributed by atoms with E-state index in [2.05, 4.69) is 21.8 Å². The largest absolute Gasteiger partial charge is 0.337 e. The van der Waals surface area contributed by atoms with Crippen molar-refractivity contribution in [1.29, 1.82) is 0 Å². The molecule has 2 rings (SSSR count). The molecule has 0 atom stereocenters. The molecule has 0 fully saturated rings. The van der Waals surface area contributed by atoms with E-state index in [9.17, 15) is 9.59 Å². The van der Waals surface area contributed by atoms with Gasteiger partial charge >= 0.3 is 0 Å². The minimum Gasteiger partial charge on any atom is -0.337 e. The number of aryl methyl sites for hydroxylation is 1. The third-order valence-corrected chi connectivity index (χ3v) is 5.05. The molecule has 0 spiro atoms. The van der Waals surface area contributed by atoms with Crippen molar-refractivity contribution in [1.82, 2.24) is 24.7 Å². The molecule has 0 saturated heterocycles. The summed E-state index contributed by atoms with van der Waals surface area (Å²) in [6, 6.07) is 10.0. The lowest BCUT2D eigenvalue weighted by Crippen LogP contribution is -2.40. The predicted molar refractivity (Wildman–Crippen MR) is 123 cm³/mol. The lowest BCUT2D eigenvalue weighted by atomic mass is 10.2. The molecule has 1 heterocycles. The summed E-state index contributed by atoms with van der Waals surface area (Å²) in [5.74, 6) is -0.119. The van der Waals surface area contributed by atoms with Crippen LogP contribution in [0, 0.1) is 6.92 Å². The summed E-state index contributed by atoms with van der Waals surface area (Å²) in [5, 5.41) is 0. The Morgan fingerprint density at radius 3 is 2.26 bits per heavy atom. The maximum Gasteiger partial charge on any atom is 0.274 e. The zero-order chi connectivity index (χ0) is 22.6. The number of aromatic nitrogens is 2. The first-order valence-electron chi connectivity index (χ1n) is 10.9. The quantitative estimate of drug-likeness (QED) is 0.523. The van der Waals surface area contributed by atoms with Gasteiger partial charge < -0.3 is 14.7 Å². The molecule has 31 heavy (non-hydrogen) atoms. The number of carbonyl (C=O) groups excluding carboxylic acids is 2. The third kappa shape index (κ3) is 8.45. The number of unbranched alkanes of at least 4 members (excludes halogenated alkanes) is 1. The smallest absolute Gasteiger partial charge is 0.274 e. The van der Waals surface area contributed by atoms with Crippen molar-refractivity contribution < 1.29 is 9.59 Å².